The fraction of sp³-hybridized carbons (Fsp3) is 0.615. The van der Waals surface area contributed by atoms with E-state index in [0.29, 0.717) is 17.6 Å². The summed E-state index contributed by atoms with van der Waals surface area (Å²) in [5, 5.41) is 3.47. The van der Waals surface area contributed by atoms with Crippen LogP contribution in [0.15, 0.2) is 6.33 Å². The van der Waals surface area contributed by atoms with Crippen LogP contribution in [-0.4, -0.2) is 51.5 Å². The fourth-order valence-electron chi connectivity index (χ4n) is 2.34. The van der Waals surface area contributed by atoms with E-state index in [4.69, 9.17) is 5.73 Å². The largest absolute Gasteiger partial charge is 0.368 e. The molecule has 7 nitrogen and oxygen atoms in total. The molecule has 4 N–H and O–H groups in total. The Morgan fingerprint density at radius 1 is 1.35 bits per heavy atom. The van der Waals surface area contributed by atoms with Crippen LogP contribution in [0.2, 0.25) is 0 Å². The molecule has 0 spiro atoms. The number of aromatic nitrogens is 4. The van der Waals surface area contributed by atoms with Gasteiger partial charge in [0.05, 0.1) is 6.33 Å². The number of imidazole rings is 1. The number of aromatic amines is 1. The van der Waals surface area contributed by atoms with Gasteiger partial charge in [0.25, 0.3) is 0 Å². The van der Waals surface area contributed by atoms with Crippen molar-refractivity contribution in [3.8, 4) is 0 Å². The van der Waals surface area contributed by atoms with E-state index in [1.54, 1.807) is 6.33 Å². The van der Waals surface area contributed by atoms with Gasteiger partial charge in [-0.15, -0.1) is 0 Å². The summed E-state index contributed by atoms with van der Waals surface area (Å²) >= 11 is 0. The first-order chi connectivity index (χ1) is 9.45. The molecule has 2 heterocycles. The van der Waals surface area contributed by atoms with Crippen molar-refractivity contribution < 1.29 is 0 Å². The van der Waals surface area contributed by atoms with E-state index >= 15 is 0 Å². The summed E-state index contributed by atoms with van der Waals surface area (Å²) in [6.07, 6.45) is 2.66. The molecule has 0 amide bonds. The molecule has 0 fully saturated rings. The zero-order chi connectivity index (χ0) is 14.7. The highest BCUT2D eigenvalue weighted by Crippen LogP contribution is 2.20. The second-order valence-electron chi connectivity index (χ2n) is 5.76. The minimum atomic E-state index is 0.236. The van der Waals surface area contributed by atoms with Crippen LogP contribution in [0.3, 0.4) is 0 Å². The number of H-pyrrole nitrogens is 1. The Balaban J connectivity index is 2.25. The number of nitrogens with zero attached hydrogens (tertiary/aromatic N) is 4. The first kappa shape index (κ1) is 14.5. The SMILES string of the molecule is CC(C)CC(CN(C)C)Nc1nc(N)nc2nc[nH]c12. The smallest absolute Gasteiger partial charge is 0.224 e. The second kappa shape index (κ2) is 6.04. The maximum absolute atomic E-state index is 5.74. The standard InChI is InChI=1S/C13H23N7/c1-8(2)5-9(6-20(3)4)17-12-10-11(16-7-15-10)18-13(14)19-12/h7-9H,5-6H2,1-4H3,(H4,14,15,16,17,18,19). The van der Waals surface area contributed by atoms with Gasteiger partial charge in [-0.1, -0.05) is 13.8 Å². The molecule has 20 heavy (non-hydrogen) atoms. The minimum Gasteiger partial charge on any atom is -0.368 e. The summed E-state index contributed by atoms with van der Waals surface area (Å²) in [6.45, 7) is 5.35. The lowest BCUT2D eigenvalue weighted by Crippen LogP contribution is -2.34. The number of rotatable bonds is 6. The number of likely N-dealkylation sites (N-methyl/N-ethyl adjacent to an activating group) is 1. The summed E-state index contributed by atoms with van der Waals surface area (Å²) in [4.78, 5) is 17.7. The molecule has 1 atom stereocenters. The van der Waals surface area contributed by atoms with Gasteiger partial charge in [0.15, 0.2) is 11.5 Å². The van der Waals surface area contributed by atoms with Crippen LogP contribution in [0, 0.1) is 5.92 Å². The Kier molecular flexibility index (Phi) is 4.39. The Morgan fingerprint density at radius 3 is 2.75 bits per heavy atom. The third-order valence-electron chi connectivity index (χ3n) is 2.99. The van der Waals surface area contributed by atoms with E-state index < -0.39 is 0 Å². The van der Waals surface area contributed by atoms with E-state index in [1.165, 1.54) is 0 Å². The van der Waals surface area contributed by atoms with Gasteiger partial charge >= 0.3 is 0 Å². The van der Waals surface area contributed by atoms with Crippen LogP contribution in [0.25, 0.3) is 11.2 Å². The maximum atomic E-state index is 5.74. The molecular weight excluding hydrogens is 254 g/mol. The van der Waals surface area contributed by atoms with Gasteiger partial charge in [0.2, 0.25) is 5.95 Å². The molecular formula is C13H23N7. The highest BCUT2D eigenvalue weighted by atomic mass is 15.2. The summed E-state index contributed by atoms with van der Waals surface area (Å²) in [6, 6.07) is 0.297. The van der Waals surface area contributed by atoms with Crippen LogP contribution in [0.4, 0.5) is 11.8 Å². The number of nitrogen functional groups attached to an aromatic ring is 1. The number of fused-ring (bicyclic) bond motifs is 1. The lowest BCUT2D eigenvalue weighted by Gasteiger charge is -2.24. The Bertz CT molecular complexity index is 551. The van der Waals surface area contributed by atoms with Gasteiger partial charge in [0, 0.05) is 12.6 Å². The van der Waals surface area contributed by atoms with E-state index in [2.05, 4.69) is 58.1 Å². The van der Waals surface area contributed by atoms with Crippen LogP contribution in [0.1, 0.15) is 20.3 Å². The van der Waals surface area contributed by atoms with Crippen LogP contribution in [-0.2, 0) is 0 Å². The maximum Gasteiger partial charge on any atom is 0.224 e. The van der Waals surface area contributed by atoms with Crippen molar-refractivity contribution in [2.45, 2.75) is 26.3 Å². The van der Waals surface area contributed by atoms with Gasteiger partial charge in [0.1, 0.15) is 5.52 Å². The Hall–Kier alpha value is -1.89. The molecule has 2 aromatic rings. The normalized spacial score (nSPS) is 13.3. The molecule has 0 aliphatic heterocycles. The number of nitrogens with two attached hydrogens (primary N) is 1. The van der Waals surface area contributed by atoms with E-state index in [9.17, 15) is 0 Å². The molecule has 0 bridgehead atoms. The lowest BCUT2D eigenvalue weighted by atomic mass is 10.0. The molecule has 110 valence electrons. The molecule has 1 unspecified atom stereocenters. The summed E-state index contributed by atoms with van der Waals surface area (Å²) in [5.41, 5.74) is 7.12. The van der Waals surface area contributed by atoms with Crippen molar-refractivity contribution >= 4 is 22.9 Å². The van der Waals surface area contributed by atoms with Crippen LogP contribution >= 0.6 is 0 Å². The van der Waals surface area contributed by atoms with E-state index in [-0.39, 0.29) is 5.95 Å². The highest BCUT2D eigenvalue weighted by molar-refractivity contribution is 5.83. The third-order valence-corrected chi connectivity index (χ3v) is 2.99. The molecule has 7 heteroatoms. The molecule has 0 saturated carbocycles. The van der Waals surface area contributed by atoms with Gasteiger partial charge < -0.3 is 20.9 Å². The predicted molar refractivity (Wildman–Crippen MR) is 81.5 cm³/mol. The molecule has 0 aliphatic carbocycles. The van der Waals surface area contributed by atoms with Gasteiger partial charge in [-0.25, -0.2) is 4.98 Å². The Labute approximate surface area is 119 Å². The average molecular weight is 277 g/mol. The highest BCUT2D eigenvalue weighted by Gasteiger charge is 2.16. The third kappa shape index (κ3) is 3.57. The average Bonchev–Trinajstić information content (AvgIpc) is 2.74. The first-order valence-electron chi connectivity index (χ1n) is 6.83. The molecule has 0 aliphatic rings. The zero-order valence-corrected chi connectivity index (χ0v) is 12.5. The predicted octanol–water partition coefficient (Wildman–Crippen LogP) is 1.32. The quantitative estimate of drug-likeness (QED) is 0.737. The number of nitrogens with one attached hydrogen (secondary N) is 2. The van der Waals surface area contributed by atoms with Crippen molar-refractivity contribution in [1.29, 1.82) is 0 Å². The number of hydrogen-bond acceptors (Lipinski definition) is 6. The van der Waals surface area contributed by atoms with Crippen LogP contribution < -0.4 is 11.1 Å². The van der Waals surface area contributed by atoms with Crippen molar-refractivity contribution in [2.75, 3.05) is 31.7 Å². The van der Waals surface area contributed by atoms with Gasteiger partial charge in [-0.2, -0.15) is 9.97 Å². The van der Waals surface area contributed by atoms with Crippen LogP contribution in [0.5, 0.6) is 0 Å². The van der Waals surface area contributed by atoms with Crippen molar-refractivity contribution in [3.05, 3.63) is 6.33 Å². The number of anilines is 2. The van der Waals surface area contributed by atoms with E-state index in [0.717, 1.165) is 24.3 Å². The zero-order valence-electron chi connectivity index (χ0n) is 12.5. The molecule has 2 rings (SSSR count). The van der Waals surface area contributed by atoms with Crippen molar-refractivity contribution in [3.63, 3.8) is 0 Å². The minimum absolute atomic E-state index is 0.236. The molecule has 2 aromatic heterocycles. The summed E-state index contributed by atoms with van der Waals surface area (Å²) in [5.74, 6) is 1.56. The summed E-state index contributed by atoms with van der Waals surface area (Å²) in [7, 11) is 4.13. The van der Waals surface area contributed by atoms with E-state index in [1.807, 2.05) is 0 Å². The fourth-order valence-corrected chi connectivity index (χ4v) is 2.34. The van der Waals surface area contributed by atoms with Crippen molar-refractivity contribution in [2.24, 2.45) is 5.92 Å². The first-order valence-corrected chi connectivity index (χ1v) is 6.83. The van der Waals surface area contributed by atoms with Crippen molar-refractivity contribution in [1.82, 2.24) is 24.8 Å². The summed E-state index contributed by atoms with van der Waals surface area (Å²) < 4.78 is 0. The second-order valence-corrected chi connectivity index (χ2v) is 5.76. The number of hydrogen-bond donors (Lipinski definition) is 3. The van der Waals surface area contributed by atoms with Gasteiger partial charge in [-0.05, 0) is 26.4 Å². The molecule has 0 radical (unpaired) electrons. The molecule has 0 saturated heterocycles. The Morgan fingerprint density at radius 2 is 2.10 bits per heavy atom. The topological polar surface area (TPSA) is 95.8 Å². The monoisotopic (exact) mass is 277 g/mol. The molecule has 0 aromatic carbocycles. The lowest BCUT2D eigenvalue weighted by molar-refractivity contribution is 0.356. The van der Waals surface area contributed by atoms with Gasteiger partial charge in [-0.3, -0.25) is 0 Å².